The van der Waals surface area contributed by atoms with E-state index in [1.165, 1.54) is 25.0 Å². The van der Waals surface area contributed by atoms with Crippen LogP contribution in [0.25, 0.3) is 0 Å². The molecule has 2 nitrogen and oxygen atoms in total. The number of nitrogens with zero attached hydrogens (tertiary/aromatic N) is 1. The van der Waals surface area contributed by atoms with Gasteiger partial charge in [0, 0.05) is 13.1 Å². The molecule has 0 aliphatic heterocycles. The highest BCUT2D eigenvalue weighted by atomic mass is 19.2. The van der Waals surface area contributed by atoms with E-state index in [0.717, 1.165) is 12.1 Å². The van der Waals surface area contributed by atoms with Crippen LogP contribution < -0.4 is 5.73 Å². The van der Waals surface area contributed by atoms with E-state index < -0.39 is 11.6 Å². The molecule has 0 atom stereocenters. The lowest BCUT2D eigenvalue weighted by molar-refractivity contribution is 0.259. The van der Waals surface area contributed by atoms with Gasteiger partial charge in [0.15, 0.2) is 11.6 Å². The molecule has 94 valence electrons. The van der Waals surface area contributed by atoms with Crippen molar-refractivity contribution in [3.8, 4) is 0 Å². The Labute approximate surface area is 100 Å². The lowest BCUT2D eigenvalue weighted by Crippen LogP contribution is -2.31. The third-order valence-corrected chi connectivity index (χ3v) is 3.43. The third kappa shape index (κ3) is 3.01. The molecule has 17 heavy (non-hydrogen) atoms. The van der Waals surface area contributed by atoms with Crippen molar-refractivity contribution in [2.45, 2.75) is 19.4 Å². The van der Waals surface area contributed by atoms with E-state index in [4.69, 9.17) is 5.73 Å². The van der Waals surface area contributed by atoms with E-state index >= 15 is 0 Å². The quantitative estimate of drug-likeness (QED) is 0.854. The van der Waals surface area contributed by atoms with Gasteiger partial charge in [-0.05, 0) is 49.5 Å². The van der Waals surface area contributed by atoms with Crippen LogP contribution in [0.5, 0.6) is 0 Å². The first kappa shape index (κ1) is 12.5. The topological polar surface area (TPSA) is 29.3 Å². The summed E-state index contributed by atoms with van der Waals surface area (Å²) >= 11 is 0. The normalized spacial score (nSPS) is 17.5. The minimum absolute atomic E-state index is 0.271. The maximum Gasteiger partial charge on any atom is 0.159 e. The van der Waals surface area contributed by atoms with Crippen molar-refractivity contribution >= 4 is 0 Å². The van der Waals surface area contributed by atoms with E-state index in [2.05, 4.69) is 4.90 Å². The molecule has 2 N–H and O–H groups in total. The minimum atomic E-state index is -0.794. The smallest absolute Gasteiger partial charge is 0.159 e. The number of hydrogen-bond donors (Lipinski definition) is 1. The van der Waals surface area contributed by atoms with Gasteiger partial charge in [-0.2, -0.15) is 0 Å². The molecule has 0 heterocycles. The molecule has 1 fully saturated rings. The fourth-order valence-electron chi connectivity index (χ4n) is 2.18. The Morgan fingerprint density at radius 3 is 2.53 bits per heavy atom. The van der Waals surface area contributed by atoms with Crippen molar-refractivity contribution in [2.24, 2.45) is 11.1 Å². The van der Waals surface area contributed by atoms with Crippen LogP contribution in [0.3, 0.4) is 0 Å². The highest BCUT2D eigenvalue weighted by Gasteiger charge is 2.41. The number of rotatable bonds is 5. The number of nitrogens with two attached hydrogens (primary N) is 1. The summed E-state index contributed by atoms with van der Waals surface area (Å²) < 4.78 is 25.8. The van der Waals surface area contributed by atoms with Crippen LogP contribution in [0.4, 0.5) is 8.78 Å². The van der Waals surface area contributed by atoms with Crippen LogP contribution in [0.2, 0.25) is 0 Å². The Hall–Kier alpha value is -1.00. The van der Waals surface area contributed by atoms with E-state index in [9.17, 15) is 8.78 Å². The van der Waals surface area contributed by atoms with Gasteiger partial charge in [-0.15, -0.1) is 0 Å². The maximum atomic E-state index is 13.0. The number of benzene rings is 1. The Morgan fingerprint density at radius 1 is 1.29 bits per heavy atom. The zero-order chi connectivity index (χ0) is 12.5. The molecule has 0 aromatic heterocycles. The summed E-state index contributed by atoms with van der Waals surface area (Å²) in [4.78, 5) is 2.12. The zero-order valence-electron chi connectivity index (χ0n) is 10.0. The summed E-state index contributed by atoms with van der Waals surface area (Å²) in [5.41, 5.74) is 6.78. The largest absolute Gasteiger partial charge is 0.330 e. The van der Waals surface area contributed by atoms with Gasteiger partial charge in [0.2, 0.25) is 0 Å². The lowest BCUT2D eigenvalue weighted by atomic mass is 10.1. The van der Waals surface area contributed by atoms with Crippen molar-refractivity contribution in [2.75, 3.05) is 20.1 Å². The lowest BCUT2D eigenvalue weighted by Gasteiger charge is -2.22. The highest BCUT2D eigenvalue weighted by Crippen LogP contribution is 2.45. The van der Waals surface area contributed by atoms with Gasteiger partial charge < -0.3 is 10.6 Å². The summed E-state index contributed by atoms with van der Waals surface area (Å²) in [5, 5.41) is 0. The second-order valence-electron chi connectivity index (χ2n) is 5.12. The van der Waals surface area contributed by atoms with Crippen LogP contribution in [0.15, 0.2) is 18.2 Å². The fourth-order valence-corrected chi connectivity index (χ4v) is 2.18. The van der Waals surface area contributed by atoms with Crippen molar-refractivity contribution in [1.29, 1.82) is 0 Å². The molecule has 0 unspecified atom stereocenters. The van der Waals surface area contributed by atoms with Gasteiger partial charge >= 0.3 is 0 Å². The van der Waals surface area contributed by atoms with Crippen LogP contribution in [0.1, 0.15) is 18.4 Å². The molecular weight excluding hydrogens is 222 g/mol. The first-order valence-electron chi connectivity index (χ1n) is 5.87. The van der Waals surface area contributed by atoms with Crippen molar-refractivity contribution in [1.82, 2.24) is 4.90 Å². The molecule has 4 heteroatoms. The molecular formula is C13H18F2N2. The molecule has 2 rings (SSSR count). The fraction of sp³-hybridized carbons (Fsp3) is 0.538. The Bertz CT molecular complexity index is 402. The number of hydrogen-bond acceptors (Lipinski definition) is 2. The molecule has 0 radical (unpaired) electrons. The maximum absolute atomic E-state index is 13.0. The molecule has 1 aromatic carbocycles. The Morgan fingerprint density at radius 2 is 2.00 bits per heavy atom. The number of halogens is 2. The van der Waals surface area contributed by atoms with Crippen LogP contribution >= 0.6 is 0 Å². The van der Waals surface area contributed by atoms with Crippen LogP contribution in [-0.2, 0) is 6.54 Å². The van der Waals surface area contributed by atoms with Gasteiger partial charge in [-0.1, -0.05) is 6.07 Å². The summed E-state index contributed by atoms with van der Waals surface area (Å²) in [7, 11) is 1.98. The summed E-state index contributed by atoms with van der Waals surface area (Å²) in [6.45, 7) is 2.25. The van der Waals surface area contributed by atoms with E-state index in [-0.39, 0.29) is 5.41 Å². The second kappa shape index (κ2) is 4.70. The standard InChI is InChI=1S/C13H18F2N2/c1-17(9-13(8-16)4-5-13)7-10-2-3-11(14)12(15)6-10/h2-3,6H,4-5,7-9,16H2,1H3. The zero-order valence-corrected chi connectivity index (χ0v) is 10.0. The van der Waals surface area contributed by atoms with Crippen LogP contribution in [0, 0.1) is 17.0 Å². The molecule has 1 saturated carbocycles. The molecule has 0 amide bonds. The molecule has 1 aliphatic carbocycles. The van der Waals surface area contributed by atoms with Gasteiger partial charge in [0.25, 0.3) is 0 Å². The van der Waals surface area contributed by atoms with Gasteiger partial charge in [0.05, 0.1) is 0 Å². The average Bonchev–Trinajstić information content (AvgIpc) is 3.04. The molecule has 0 spiro atoms. The van der Waals surface area contributed by atoms with E-state index in [0.29, 0.717) is 13.1 Å². The predicted molar refractivity (Wildman–Crippen MR) is 63.4 cm³/mol. The monoisotopic (exact) mass is 240 g/mol. The van der Waals surface area contributed by atoms with Gasteiger partial charge in [-0.25, -0.2) is 8.78 Å². The van der Waals surface area contributed by atoms with Crippen LogP contribution in [-0.4, -0.2) is 25.0 Å². The van der Waals surface area contributed by atoms with E-state index in [1.54, 1.807) is 6.07 Å². The van der Waals surface area contributed by atoms with Crippen molar-refractivity contribution < 1.29 is 8.78 Å². The first-order chi connectivity index (χ1) is 8.04. The Kier molecular flexibility index (Phi) is 3.45. The first-order valence-corrected chi connectivity index (χ1v) is 5.87. The SMILES string of the molecule is CN(Cc1ccc(F)c(F)c1)CC1(CN)CC1. The third-order valence-electron chi connectivity index (χ3n) is 3.43. The minimum Gasteiger partial charge on any atom is -0.330 e. The summed E-state index contributed by atoms with van der Waals surface area (Å²) in [6.07, 6.45) is 2.34. The molecule has 1 aliphatic rings. The summed E-state index contributed by atoms with van der Waals surface area (Å²) in [5.74, 6) is -1.58. The molecule has 1 aromatic rings. The Balaban J connectivity index is 1.93. The highest BCUT2D eigenvalue weighted by molar-refractivity contribution is 5.17. The van der Waals surface area contributed by atoms with Crippen molar-refractivity contribution in [3.05, 3.63) is 35.4 Å². The second-order valence-corrected chi connectivity index (χ2v) is 5.12. The summed E-state index contributed by atoms with van der Waals surface area (Å²) in [6, 6.07) is 4.05. The van der Waals surface area contributed by atoms with Gasteiger partial charge in [-0.3, -0.25) is 0 Å². The van der Waals surface area contributed by atoms with Crippen molar-refractivity contribution in [3.63, 3.8) is 0 Å². The van der Waals surface area contributed by atoms with E-state index in [1.807, 2.05) is 7.05 Å². The molecule has 0 saturated heterocycles. The predicted octanol–water partition coefficient (Wildman–Crippen LogP) is 2.14. The van der Waals surface area contributed by atoms with Gasteiger partial charge in [0.1, 0.15) is 0 Å². The molecule has 0 bridgehead atoms. The average molecular weight is 240 g/mol.